The van der Waals surface area contributed by atoms with Gasteiger partial charge in [0.2, 0.25) is 0 Å². The summed E-state index contributed by atoms with van der Waals surface area (Å²) < 4.78 is 11.8. The summed E-state index contributed by atoms with van der Waals surface area (Å²) in [6.07, 6.45) is 1.68. The lowest BCUT2D eigenvalue weighted by atomic mass is 10.1. The summed E-state index contributed by atoms with van der Waals surface area (Å²) in [5.41, 5.74) is 1.20. The molecule has 1 aliphatic heterocycles. The Kier molecular flexibility index (Phi) is 6.33. The number of methoxy groups -OCH3 is 1. The number of carbonyl (C=O) groups is 2. The molecular formula is C19H15ClINO4S. The Morgan fingerprint density at radius 1 is 1.26 bits per heavy atom. The van der Waals surface area contributed by atoms with E-state index in [0.717, 1.165) is 25.8 Å². The highest BCUT2D eigenvalue weighted by Gasteiger charge is 2.36. The highest BCUT2D eigenvalue weighted by molar-refractivity contribution is 14.1. The second-order valence-electron chi connectivity index (χ2n) is 5.46. The van der Waals surface area contributed by atoms with Crippen LogP contribution in [0.2, 0.25) is 5.02 Å². The third kappa shape index (κ3) is 4.25. The first kappa shape index (κ1) is 20.0. The van der Waals surface area contributed by atoms with E-state index in [1.54, 1.807) is 43.5 Å². The van der Waals surface area contributed by atoms with Crippen molar-refractivity contribution < 1.29 is 19.1 Å². The summed E-state index contributed by atoms with van der Waals surface area (Å²) in [6.45, 7) is 2.37. The highest BCUT2D eigenvalue weighted by Crippen LogP contribution is 2.39. The molecule has 0 N–H and O–H groups in total. The molecule has 140 valence electrons. The van der Waals surface area contributed by atoms with Gasteiger partial charge in [0.15, 0.2) is 11.5 Å². The van der Waals surface area contributed by atoms with Gasteiger partial charge < -0.3 is 9.47 Å². The van der Waals surface area contributed by atoms with E-state index in [-0.39, 0.29) is 11.1 Å². The third-order valence-electron chi connectivity index (χ3n) is 3.69. The van der Waals surface area contributed by atoms with Crippen molar-refractivity contribution in [2.75, 3.05) is 18.6 Å². The standard InChI is InChI=1S/C19H15ClINO4S/c1-3-26-15-8-11(7-14(21)17(15)25-2)9-16-18(23)22(19(24)27-16)13-6-4-5-12(20)10-13/h4-10H,3H2,1-2H3/b16-9+. The zero-order chi connectivity index (χ0) is 19.6. The van der Waals surface area contributed by atoms with Gasteiger partial charge in [0, 0.05) is 5.02 Å². The van der Waals surface area contributed by atoms with Crippen molar-refractivity contribution in [2.24, 2.45) is 0 Å². The Balaban J connectivity index is 1.96. The Bertz CT molecular complexity index is 947. The van der Waals surface area contributed by atoms with E-state index >= 15 is 0 Å². The van der Waals surface area contributed by atoms with E-state index in [0.29, 0.717) is 33.7 Å². The highest BCUT2D eigenvalue weighted by atomic mass is 127. The van der Waals surface area contributed by atoms with Gasteiger partial charge in [-0.25, -0.2) is 4.90 Å². The van der Waals surface area contributed by atoms with Crippen LogP contribution in [0, 0.1) is 3.57 Å². The summed E-state index contributed by atoms with van der Waals surface area (Å²) in [5, 5.41) is 0.100. The number of hydrogen-bond acceptors (Lipinski definition) is 5. The molecule has 1 saturated heterocycles. The lowest BCUT2D eigenvalue weighted by molar-refractivity contribution is -0.113. The van der Waals surface area contributed by atoms with Gasteiger partial charge in [-0.1, -0.05) is 17.7 Å². The molecule has 5 nitrogen and oxygen atoms in total. The predicted octanol–water partition coefficient (Wildman–Crippen LogP) is 5.59. The maximum absolute atomic E-state index is 12.8. The minimum Gasteiger partial charge on any atom is -0.492 e. The van der Waals surface area contributed by atoms with Gasteiger partial charge in [0.25, 0.3) is 11.1 Å². The molecule has 0 unspecified atom stereocenters. The van der Waals surface area contributed by atoms with Crippen LogP contribution >= 0.6 is 46.0 Å². The fraction of sp³-hybridized carbons (Fsp3) is 0.158. The van der Waals surface area contributed by atoms with Crippen LogP contribution in [0.25, 0.3) is 6.08 Å². The van der Waals surface area contributed by atoms with Gasteiger partial charge >= 0.3 is 0 Å². The number of ether oxygens (including phenoxy) is 2. The molecule has 0 radical (unpaired) electrons. The van der Waals surface area contributed by atoms with Crippen LogP contribution in [0.4, 0.5) is 10.5 Å². The summed E-state index contributed by atoms with van der Waals surface area (Å²) in [4.78, 5) is 26.6. The number of imide groups is 1. The average molecular weight is 516 g/mol. The molecule has 27 heavy (non-hydrogen) atoms. The number of amides is 2. The molecular weight excluding hydrogens is 501 g/mol. The summed E-state index contributed by atoms with van der Waals surface area (Å²) >= 11 is 9.02. The van der Waals surface area contributed by atoms with Crippen LogP contribution in [0.5, 0.6) is 11.5 Å². The van der Waals surface area contributed by atoms with E-state index in [1.807, 2.05) is 13.0 Å². The number of carbonyl (C=O) groups excluding carboxylic acids is 2. The molecule has 1 heterocycles. The number of halogens is 2. The second kappa shape index (κ2) is 8.53. The zero-order valence-electron chi connectivity index (χ0n) is 14.5. The number of rotatable bonds is 5. The Morgan fingerprint density at radius 3 is 2.70 bits per heavy atom. The molecule has 0 aliphatic carbocycles. The molecule has 2 aromatic rings. The molecule has 0 bridgehead atoms. The number of benzene rings is 2. The molecule has 2 amide bonds. The van der Waals surface area contributed by atoms with Crippen molar-refractivity contribution in [3.05, 3.63) is 55.5 Å². The van der Waals surface area contributed by atoms with Crippen LogP contribution in [0.15, 0.2) is 41.3 Å². The van der Waals surface area contributed by atoms with Crippen LogP contribution in [-0.4, -0.2) is 24.9 Å². The van der Waals surface area contributed by atoms with Gasteiger partial charge in [-0.15, -0.1) is 0 Å². The van der Waals surface area contributed by atoms with E-state index in [9.17, 15) is 9.59 Å². The Labute approximate surface area is 179 Å². The van der Waals surface area contributed by atoms with Crippen LogP contribution in [0.3, 0.4) is 0 Å². The molecule has 1 aliphatic rings. The van der Waals surface area contributed by atoms with Crippen molar-refractivity contribution in [3.8, 4) is 11.5 Å². The maximum Gasteiger partial charge on any atom is 0.298 e. The average Bonchev–Trinajstić information content (AvgIpc) is 2.88. The van der Waals surface area contributed by atoms with Crippen LogP contribution in [-0.2, 0) is 4.79 Å². The summed E-state index contributed by atoms with van der Waals surface area (Å²) in [7, 11) is 1.58. The minimum absolute atomic E-state index is 0.336. The number of thioether (sulfide) groups is 1. The minimum atomic E-state index is -0.379. The topological polar surface area (TPSA) is 55.8 Å². The first-order valence-electron chi connectivity index (χ1n) is 7.98. The zero-order valence-corrected chi connectivity index (χ0v) is 18.2. The normalized spacial score (nSPS) is 15.6. The van der Waals surface area contributed by atoms with E-state index in [1.165, 1.54) is 0 Å². The first-order valence-corrected chi connectivity index (χ1v) is 10.3. The molecule has 2 aromatic carbocycles. The van der Waals surface area contributed by atoms with Crippen molar-refractivity contribution in [3.63, 3.8) is 0 Å². The van der Waals surface area contributed by atoms with E-state index in [4.69, 9.17) is 21.1 Å². The van der Waals surface area contributed by atoms with E-state index in [2.05, 4.69) is 22.6 Å². The largest absolute Gasteiger partial charge is 0.492 e. The molecule has 3 rings (SSSR count). The summed E-state index contributed by atoms with van der Waals surface area (Å²) in [6, 6.07) is 10.3. The third-order valence-corrected chi connectivity index (χ3v) is 5.60. The predicted molar refractivity (Wildman–Crippen MR) is 117 cm³/mol. The quantitative estimate of drug-likeness (QED) is 0.384. The van der Waals surface area contributed by atoms with Gasteiger partial charge in [0.05, 0.1) is 27.9 Å². The Morgan fingerprint density at radius 2 is 2.04 bits per heavy atom. The van der Waals surface area contributed by atoms with Crippen molar-refractivity contribution in [1.29, 1.82) is 0 Å². The second-order valence-corrected chi connectivity index (χ2v) is 8.06. The number of nitrogens with zero attached hydrogens (tertiary/aromatic N) is 1. The van der Waals surface area contributed by atoms with Crippen LogP contribution in [0.1, 0.15) is 12.5 Å². The molecule has 0 saturated carbocycles. The van der Waals surface area contributed by atoms with Gasteiger partial charge in [-0.3, -0.25) is 9.59 Å². The van der Waals surface area contributed by atoms with Crippen molar-refractivity contribution >= 4 is 68.9 Å². The van der Waals surface area contributed by atoms with Crippen molar-refractivity contribution in [1.82, 2.24) is 0 Å². The fourth-order valence-electron chi connectivity index (χ4n) is 2.59. The number of anilines is 1. The lowest BCUT2D eigenvalue weighted by Crippen LogP contribution is -2.27. The Hall–Kier alpha value is -1.71. The maximum atomic E-state index is 12.8. The molecule has 0 spiro atoms. The smallest absolute Gasteiger partial charge is 0.298 e. The van der Waals surface area contributed by atoms with Crippen molar-refractivity contribution in [2.45, 2.75) is 6.92 Å². The van der Waals surface area contributed by atoms with Gasteiger partial charge in [0.1, 0.15) is 0 Å². The fourth-order valence-corrected chi connectivity index (χ4v) is 4.46. The van der Waals surface area contributed by atoms with Gasteiger partial charge in [-0.05, 0) is 83.2 Å². The molecule has 0 atom stereocenters. The van der Waals surface area contributed by atoms with Crippen LogP contribution < -0.4 is 14.4 Å². The summed E-state index contributed by atoms with van der Waals surface area (Å²) in [5.74, 6) is 0.852. The molecule has 0 aromatic heterocycles. The monoisotopic (exact) mass is 515 g/mol. The van der Waals surface area contributed by atoms with E-state index < -0.39 is 0 Å². The van der Waals surface area contributed by atoms with Gasteiger partial charge in [-0.2, -0.15) is 0 Å². The molecule has 1 fully saturated rings. The first-order chi connectivity index (χ1) is 12.9. The lowest BCUT2D eigenvalue weighted by Gasteiger charge is -2.13. The SMILES string of the molecule is CCOc1cc(/C=C2/SC(=O)N(c3cccc(Cl)c3)C2=O)cc(I)c1OC. The molecule has 8 heteroatoms. The number of hydrogen-bond donors (Lipinski definition) is 0.